The molecule has 0 aliphatic carbocycles. The molecule has 0 spiro atoms. The SMILES string of the molecule is CCCN(CC(CC)COC)C(C)C. The summed E-state index contributed by atoms with van der Waals surface area (Å²) >= 11 is 0. The molecular formula is C12H27NO. The lowest BCUT2D eigenvalue weighted by Gasteiger charge is -2.29. The van der Waals surface area contributed by atoms with Crippen molar-refractivity contribution >= 4 is 0 Å². The molecule has 1 unspecified atom stereocenters. The summed E-state index contributed by atoms with van der Waals surface area (Å²) in [5, 5.41) is 0. The summed E-state index contributed by atoms with van der Waals surface area (Å²) in [7, 11) is 1.79. The van der Waals surface area contributed by atoms with Gasteiger partial charge in [-0.2, -0.15) is 0 Å². The van der Waals surface area contributed by atoms with Crippen molar-refractivity contribution in [3.05, 3.63) is 0 Å². The molecule has 0 aliphatic heterocycles. The Labute approximate surface area is 89.6 Å². The molecule has 0 fully saturated rings. The van der Waals surface area contributed by atoms with Crippen molar-refractivity contribution in [2.24, 2.45) is 5.92 Å². The summed E-state index contributed by atoms with van der Waals surface area (Å²) in [5.41, 5.74) is 0. The molecule has 0 heterocycles. The van der Waals surface area contributed by atoms with Crippen molar-refractivity contribution < 1.29 is 4.74 Å². The fraction of sp³-hybridized carbons (Fsp3) is 1.00. The fourth-order valence-corrected chi connectivity index (χ4v) is 1.71. The molecule has 0 aromatic heterocycles. The molecule has 0 rings (SSSR count). The average molecular weight is 201 g/mol. The van der Waals surface area contributed by atoms with Crippen LogP contribution in [0, 0.1) is 5.92 Å². The van der Waals surface area contributed by atoms with E-state index < -0.39 is 0 Å². The third-order valence-corrected chi connectivity index (χ3v) is 2.71. The first kappa shape index (κ1) is 13.9. The predicted octanol–water partition coefficient (Wildman–Crippen LogP) is 2.78. The van der Waals surface area contributed by atoms with Crippen molar-refractivity contribution in [1.82, 2.24) is 4.90 Å². The van der Waals surface area contributed by atoms with Crippen molar-refractivity contribution in [3.63, 3.8) is 0 Å². The second kappa shape index (κ2) is 8.25. The number of hydrogen-bond donors (Lipinski definition) is 0. The predicted molar refractivity (Wildman–Crippen MR) is 62.7 cm³/mol. The normalized spacial score (nSPS) is 13.9. The molecule has 0 radical (unpaired) electrons. The smallest absolute Gasteiger partial charge is 0.0502 e. The summed E-state index contributed by atoms with van der Waals surface area (Å²) in [4.78, 5) is 2.55. The van der Waals surface area contributed by atoms with Crippen LogP contribution >= 0.6 is 0 Å². The molecule has 0 aliphatic rings. The monoisotopic (exact) mass is 201 g/mol. The topological polar surface area (TPSA) is 12.5 Å². The lowest BCUT2D eigenvalue weighted by atomic mass is 10.1. The van der Waals surface area contributed by atoms with Crippen LogP contribution in [0.25, 0.3) is 0 Å². The highest BCUT2D eigenvalue weighted by molar-refractivity contribution is 4.67. The molecule has 0 amide bonds. The standard InChI is InChI=1S/C12H27NO/c1-6-8-13(11(3)4)9-12(7-2)10-14-5/h11-12H,6-10H2,1-5H3. The third kappa shape index (κ3) is 5.61. The van der Waals surface area contributed by atoms with Crippen LogP contribution in [0.5, 0.6) is 0 Å². The highest BCUT2D eigenvalue weighted by Gasteiger charge is 2.14. The van der Waals surface area contributed by atoms with E-state index in [4.69, 9.17) is 4.74 Å². The number of ether oxygens (including phenoxy) is 1. The van der Waals surface area contributed by atoms with Crippen LogP contribution in [0.1, 0.15) is 40.5 Å². The van der Waals surface area contributed by atoms with E-state index in [1.807, 2.05) is 0 Å². The Hall–Kier alpha value is -0.0800. The van der Waals surface area contributed by atoms with Gasteiger partial charge in [-0.25, -0.2) is 0 Å². The molecule has 0 aromatic carbocycles. The largest absolute Gasteiger partial charge is 0.384 e. The molecule has 0 bridgehead atoms. The molecule has 0 N–H and O–H groups in total. The zero-order valence-corrected chi connectivity index (χ0v) is 10.5. The number of nitrogens with zero attached hydrogens (tertiary/aromatic N) is 1. The molecule has 2 nitrogen and oxygen atoms in total. The molecule has 1 atom stereocenters. The number of methoxy groups -OCH3 is 1. The van der Waals surface area contributed by atoms with Crippen LogP contribution < -0.4 is 0 Å². The Bertz CT molecular complexity index is 125. The van der Waals surface area contributed by atoms with Gasteiger partial charge in [-0.05, 0) is 39.2 Å². The maximum absolute atomic E-state index is 5.23. The number of hydrogen-bond acceptors (Lipinski definition) is 2. The van der Waals surface area contributed by atoms with E-state index in [2.05, 4.69) is 32.6 Å². The third-order valence-electron chi connectivity index (χ3n) is 2.71. The molecule has 0 saturated carbocycles. The van der Waals surface area contributed by atoms with Crippen molar-refractivity contribution in [3.8, 4) is 0 Å². The van der Waals surface area contributed by atoms with E-state index >= 15 is 0 Å². The molecular weight excluding hydrogens is 174 g/mol. The van der Waals surface area contributed by atoms with Crippen LogP contribution in [0.15, 0.2) is 0 Å². The fourth-order valence-electron chi connectivity index (χ4n) is 1.71. The summed E-state index contributed by atoms with van der Waals surface area (Å²) in [5.74, 6) is 0.689. The second-order valence-electron chi connectivity index (χ2n) is 4.32. The van der Waals surface area contributed by atoms with Gasteiger partial charge in [0.1, 0.15) is 0 Å². The van der Waals surface area contributed by atoms with Crippen molar-refractivity contribution in [1.29, 1.82) is 0 Å². The minimum absolute atomic E-state index is 0.654. The maximum Gasteiger partial charge on any atom is 0.0502 e. The lowest BCUT2D eigenvalue weighted by Crippen LogP contribution is -2.37. The first-order valence-corrected chi connectivity index (χ1v) is 5.88. The highest BCUT2D eigenvalue weighted by Crippen LogP contribution is 2.09. The van der Waals surface area contributed by atoms with Gasteiger partial charge in [0.05, 0.1) is 6.61 Å². The number of rotatable bonds is 8. The van der Waals surface area contributed by atoms with Crippen LogP contribution in [0.3, 0.4) is 0 Å². The van der Waals surface area contributed by atoms with Gasteiger partial charge in [0, 0.05) is 19.7 Å². The maximum atomic E-state index is 5.23. The Morgan fingerprint density at radius 1 is 1.21 bits per heavy atom. The minimum Gasteiger partial charge on any atom is -0.384 e. The molecule has 0 aromatic rings. The van der Waals surface area contributed by atoms with Crippen LogP contribution in [0.4, 0.5) is 0 Å². The Kier molecular flexibility index (Phi) is 8.20. The van der Waals surface area contributed by atoms with Crippen molar-refractivity contribution in [2.75, 3.05) is 26.8 Å². The highest BCUT2D eigenvalue weighted by atomic mass is 16.5. The second-order valence-corrected chi connectivity index (χ2v) is 4.32. The van der Waals surface area contributed by atoms with Crippen LogP contribution in [-0.4, -0.2) is 37.7 Å². The lowest BCUT2D eigenvalue weighted by molar-refractivity contribution is 0.106. The van der Waals surface area contributed by atoms with Crippen LogP contribution in [-0.2, 0) is 4.74 Å². The molecule has 14 heavy (non-hydrogen) atoms. The Balaban J connectivity index is 3.97. The Morgan fingerprint density at radius 2 is 1.86 bits per heavy atom. The molecule has 0 saturated heterocycles. The van der Waals surface area contributed by atoms with E-state index in [0.29, 0.717) is 12.0 Å². The van der Waals surface area contributed by atoms with Gasteiger partial charge in [0.25, 0.3) is 0 Å². The minimum atomic E-state index is 0.654. The van der Waals surface area contributed by atoms with E-state index in [1.54, 1.807) is 7.11 Å². The Morgan fingerprint density at radius 3 is 2.21 bits per heavy atom. The van der Waals surface area contributed by atoms with Gasteiger partial charge in [-0.15, -0.1) is 0 Å². The van der Waals surface area contributed by atoms with Crippen molar-refractivity contribution in [2.45, 2.75) is 46.6 Å². The zero-order chi connectivity index (χ0) is 11.0. The summed E-state index contributed by atoms with van der Waals surface area (Å²) in [6.07, 6.45) is 2.45. The van der Waals surface area contributed by atoms with E-state index in [1.165, 1.54) is 25.9 Å². The molecule has 2 heteroatoms. The first-order valence-electron chi connectivity index (χ1n) is 5.88. The van der Waals surface area contributed by atoms with Gasteiger partial charge in [0.2, 0.25) is 0 Å². The van der Waals surface area contributed by atoms with Gasteiger partial charge >= 0.3 is 0 Å². The quantitative estimate of drug-likeness (QED) is 0.599. The first-order chi connectivity index (χ1) is 6.65. The average Bonchev–Trinajstić information content (AvgIpc) is 2.15. The van der Waals surface area contributed by atoms with Gasteiger partial charge in [-0.3, -0.25) is 0 Å². The van der Waals surface area contributed by atoms with Gasteiger partial charge in [0.15, 0.2) is 0 Å². The van der Waals surface area contributed by atoms with Gasteiger partial charge < -0.3 is 9.64 Å². The summed E-state index contributed by atoms with van der Waals surface area (Å²) < 4.78 is 5.23. The summed E-state index contributed by atoms with van der Waals surface area (Å²) in [6, 6.07) is 0.654. The molecule has 86 valence electrons. The summed E-state index contributed by atoms with van der Waals surface area (Å²) in [6.45, 7) is 12.3. The van der Waals surface area contributed by atoms with Crippen LogP contribution in [0.2, 0.25) is 0 Å². The van der Waals surface area contributed by atoms with E-state index in [9.17, 15) is 0 Å². The zero-order valence-electron chi connectivity index (χ0n) is 10.5. The van der Waals surface area contributed by atoms with Gasteiger partial charge in [-0.1, -0.05) is 13.8 Å². The van der Waals surface area contributed by atoms with E-state index in [-0.39, 0.29) is 0 Å². The van der Waals surface area contributed by atoms with E-state index in [0.717, 1.165) is 6.61 Å².